The van der Waals surface area contributed by atoms with Crippen molar-refractivity contribution >= 4 is 0 Å². The number of imidazole rings is 1. The highest BCUT2D eigenvalue weighted by Crippen LogP contribution is 2.20. The van der Waals surface area contributed by atoms with Crippen molar-refractivity contribution in [2.24, 2.45) is 7.05 Å². The van der Waals surface area contributed by atoms with Crippen LogP contribution in [0.15, 0.2) is 35.2 Å². The number of rotatable bonds is 6. The summed E-state index contributed by atoms with van der Waals surface area (Å²) in [5, 5.41) is 12.1. The maximum Gasteiger partial charge on any atom is 0.133 e. The summed E-state index contributed by atoms with van der Waals surface area (Å²) in [6.45, 7) is 0.896. The Labute approximate surface area is 100 Å². The van der Waals surface area contributed by atoms with Crippen LogP contribution in [0.25, 0.3) is 0 Å². The maximum absolute atomic E-state index is 8.81. The van der Waals surface area contributed by atoms with Gasteiger partial charge in [0.05, 0.1) is 6.26 Å². The smallest absolute Gasteiger partial charge is 0.133 e. The minimum absolute atomic E-state index is 0.0726. The monoisotopic (exact) mass is 235 g/mol. The van der Waals surface area contributed by atoms with Crippen LogP contribution in [0.2, 0.25) is 0 Å². The number of nitrogens with zero attached hydrogens (tertiary/aromatic N) is 2. The van der Waals surface area contributed by atoms with Crippen LogP contribution < -0.4 is 5.32 Å². The molecule has 0 bridgehead atoms. The predicted molar refractivity (Wildman–Crippen MR) is 63.5 cm³/mol. The molecule has 2 aromatic heterocycles. The highest BCUT2D eigenvalue weighted by Gasteiger charge is 2.19. The van der Waals surface area contributed by atoms with Crippen LogP contribution in [0.3, 0.4) is 0 Å². The van der Waals surface area contributed by atoms with E-state index in [1.54, 1.807) is 12.5 Å². The lowest BCUT2D eigenvalue weighted by molar-refractivity contribution is 0.282. The van der Waals surface area contributed by atoms with Gasteiger partial charge in [-0.3, -0.25) is 0 Å². The van der Waals surface area contributed by atoms with E-state index in [4.69, 9.17) is 9.52 Å². The molecule has 1 atom stereocenters. The van der Waals surface area contributed by atoms with Gasteiger partial charge in [0.2, 0.25) is 0 Å². The van der Waals surface area contributed by atoms with E-state index in [0.717, 1.165) is 11.6 Å². The van der Waals surface area contributed by atoms with Crippen molar-refractivity contribution in [1.29, 1.82) is 0 Å². The Kier molecular flexibility index (Phi) is 3.95. The highest BCUT2D eigenvalue weighted by atomic mass is 16.3. The Morgan fingerprint density at radius 1 is 1.59 bits per heavy atom. The lowest BCUT2D eigenvalue weighted by Gasteiger charge is -2.16. The van der Waals surface area contributed by atoms with Gasteiger partial charge in [0.15, 0.2) is 0 Å². The van der Waals surface area contributed by atoms with E-state index in [0.29, 0.717) is 13.0 Å². The first-order chi connectivity index (χ1) is 8.33. The Hall–Kier alpha value is -1.59. The van der Waals surface area contributed by atoms with Gasteiger partial charge in [0, 0.05) is 26.0 Å². The Bertz CT molecular complexity index is 436. The fourth-order valence-electron chi connectivity index (χ4n) is 1.76. The molecule has 0 spiro atoms. The molecule has 2 heterocycles. The molecule has 0 aromatic carbocycles. The molecule has 0 saturated carbocycles. The van der Waals surface area contributed by atoms with Gasteiger partial charge in [-0.25, -0.2) is 4.98 Å². The summed E-state index contributed by atoms with van der Waals surface area (Å²) in [4.78, 5) is 4.33. The molecular weight excluding hydrogens is 218 g/mol. The van der Waals surface area contributed by atoms with Crippen LogP contribution >= 0.6 is 0 Å². The molecule has 0 fully saturated rings. The molecule has 2 rings (SSSR count). The summed E-state index contributed by atoms with van der Waals surface area (Å²) in [7, 11) is 1.95. The molecule has 0 radical (unpaired) electrons. The number of hydrogen-bond donors (Lipinski definition) is 2. The van der Waals surface area contributed by atoms with E-state index in [2.05, 4.69) is 10.3 Å². The van der Waals surface area contributed by atoms with Gasteiger partial charge in [-0.2, -0.15) is 0 Å². The molecular formula is C12H17N3O2. The molecule has 5 heteroatoms. The molecule has 0 aliphatic rings. The quantitative estimate of drug-likeness (QED) is 0.735. The van der Waals surface area contributed by atoms with Gasteiger partial charge >= 0.3 is 0 Å². The first-order valence-corrected chi connectivity index (χ1v) is 5.68. The minimum Gasteiger partial charge on any atom is -0.467 e. The fraction of sp³-hybridized carbons (Fsp3) is 0.417. The van der Waals surface area contributed by atoms with Crippen molar-refractivity contribution in [3.8, 4) is 0 Å². The molecule has 2 aromatic rings. The zero-order chi connectivity index (χ0) is 12.1. The zero-order valence-electron chi connectivity index (χ0n) is 9.84. The average Bonchev–Trinajstić information content (AvgIpc) is 2.96. The molecule has 1 unspecified atom stereocenters. The molecule has 0 aliphatic carbocycles. The summed E-state index contributed by atoms with van der Waals surface area (Å²) in [6.07, 6.45) is 6.03. The normalized spacial score (nSPS) is 12.8. The van der Waals surface area contributed by atoms with Crippen molar-refractivity contribution in [3.05, 3.63) is 42.4 Å². The Morgan fingerprint density at radius 2 is 2.47 bits per heavy atom. The second-order valence-electron chi connectivity index (χ2n) is 3.88. The number of aryl methyl sites for hydroxylation is 1. The predicted octanol–water partition coefficient (Wildman–Crippen LogP) is 1.07. The van der Waals surface area contributed by atoms with Gasteiger partial charge in [-0.1, -0.05) is 0 Å². The summed E-state index contributed by atoms with van der Waals surface area (Å²) >= 11 is 0. The number of furan rings is 1. The average molecular weight is 235 g/mol. The molecule has 2 N–H and O–H groups in total. The Morgan fingerprint density at radius 3 is 3.06 bits per heavy atom. The fourth-order valence-corrected chi connectivity index (χ4v) is 1.76. The number of aliphatic hydroxyl groups excluding tert-OH is 1. The Balaban J connectivity index is 2.16. The van der Waals surface area contributed by atoms with Crippen LogP contribution in [0.1, 0.15) is 24.0 Å². The van der Waals surface area contributed by atoms with Crippen molar-refractivity contribution in [1.82, 2.24) is 14.9 Å². The largest absolute Gasteiger partial charge is 0.467 e. The van der Waals surface area contributed by atoms with E-state index < -0.39 is 0 Å². The summed E-state index contributed by atoms with van der Waals surface area (Å²) < 4.78 is 7.38. The lowest BCUT2D eigenvalue weighted by atomic mass is 10.2. The number of nitrogens with one attached hydrogen (secondary N) is 1. The van der Waals surface area contributed by atoms with Gasteiger partial charge in [-0.05, 0) is 25.1 Å². The van der Waals surface area contributed by atoms with E-state index in [1.807, 2.05) is 29.9 Å². The topological polar surface area (TPSA) is 63.2 Å². The van der Waals surface area contributed by atoms with Gasteiger partial charge in [-0.15, -0.1) is 0 Å². The van der Waals surface area contributed by atoms with Gasteiger partial charge in [0.1, 0.15) is 17.6 Å². The lowest BCUT2D eigenvalue weighted by Crippen LogP contribution is -2.26. The molecule has 92 valence electrons. The van der Waals surface area contributed by atoms with Crippen LogP contribution in [0, 0.1) is 0 Å². The maximum atomic E-state index is 8.81. The molecule has 5 nitrogen and oxygen atoms in total. The van der Waals surface area contributed by atoms with Crippen LogP contribution in [-0.4, -0.2) is 27.8 Å². The van der Waals surface area contributed by atoms with E-state index in [-0.39, 0.29) is 12.6 Å². The molecule has 17 heavy (non-hydrogen) atoms. The third-order valence-electron chi connectivity index (χ3n) is 2.63. The first kappa shape index (κ1) is 11.9. The minimum atomic E-state index is -0.0726. The molecule has 0 aliphatic heterocycles. The second kappa shape index (κ2) is 5.65. The van der Waals surface area contributed by atoms with Crippen molar-refractivity contribution < 1.29 is 9.52 Å². The first-order valence-electron chi connectivity index (χ1n) is 5.68. The van der Waals surface area contributed by atoms with Gasteiger partial charge in [0.25, 0.3) is 0 Å². The van der Waals surface area contributed by atoms with Crippen LogP contribution in [0.5, 0.6) is 0 Å². The van der Waals surface area contributed by atoms with Crippen molar-refractivity contribution in [3.63, 3.8) is 0 Å². The van der Waals surface area contributed by atoms with Crippen molar-refractivity contribution in [2.45, 2.75) is 12.5 Å². The standard InChI is InChI=1S/C12H17N3O2/c1-15-7-6-14-12(15)11(13-5-3-8-16)10-4-2-9-17-10/h2,4,6-7,9,11,13,16H,3,5,8H2,1H3. The number of aromatic nitrogens is 2. The third kappa shape index (κ3) is 2.75. The SMILES string of the molecule is Cn1ccnc1C(NCCCO)c1ccco1. The number of hydrogen-bond acceptors (Lipinski definition) is 4. The summed E-state index contributed by atoms with van der Waals surface area (Å²) in [5.41, 5.74) is 0. The van der Waals surface area contributed by atoms with Crippen molar-refractivity contribution in [2.75, 3.05) is 13.2 Å². The van der Waals surface area contributed by atoms with Gasteiger partial charge < -0.3 is 19.4 Å². The van der Waals surface area contributed by atoms with Crippen LogP contribution in [-0.2, 0) is 7.05 Å². The van der Waals surface area contributed by atoms with E-state index >= 15 is 0 Å². The van der Waals surface area contributed by atoms with Crippen LogP contribution in [0.4, 0.5) is 0 Å². The summed E-state index contributed by atoms with van der Waals surface area (Å²) in [5.74, 6) is 1.73. The van der Waals surface area contributed by atoms with E-state index in [1.165, 1.54) is 0 Å². The zero-order valence-corrected chi connectivity index (χ0v) is 9.84. The number of aliphatic hydroxyl groups is 1. The second-order valence-corrected chi connectivity index (χ2v) is 3.88. The van der Waals surface area contributed by atoms with E-state index in [9.17, 15) is 0 Å². The summed E-state index contributed by atoms with van der Waals surface area (Å²) in [6, 6.07) is 3.71. The highest BCUT2D eigenvalue weighted by molar-refractivity contribution is 5.15. The third-order valence-corrected chi connectivity index (χ3v) is 2.63. The molecule has 0 saturated heterocycles. The molecule has 0 amide bonds.